The molecule has 0 aromatic heterocycles. The quantitative estimate of drug-likeness (QED) is 0.727. The maximum atomic E-state index is 9.10. The molecule has 1 saturated heterocycles. The van der Waals surface area contributed by atoms with Crippen LogP contribution in [0.2, 0.25) is 0 Å². The van der Waals surface area contributed by atoms with E-state index in [4.69, 9.17) is 19.8 Å². The average molecular weight is 399 g/mol. The summed E-state index contributed by atoms with van der Waals surface area (Å²) in [5.41, 5.74) is 2.81. The molecule has 0 amide bonds. The highest BCUT2D eigenvalue weighted by Gasteiger charge is 2.25. The highest BCUT2D eigenvalue weighted by molar-refractivity contribution is 6.27. The first-order valence-corrected chi connectivity index (χ1v) is 10.1. The molecule has 3 rings (SSSR count). The molecule has 1 aliphatic heterocycles. The van der Waals surface area contributed by atoms with Gasteiger partial charge < -0.3 is 15.1 Å². The zero-order valence-electron chi connectivity index (χ0n) is 16.9. The van der Waals surface area contributed by atoms with E-state index in [0.717, 1.165) is 13.1 Å². The van der Waals surface area contributed by atoms with E-state index in [-0.39, 0.29) is 0 Å². The number of hydrogen-bond donors (Lipinski definition) is 2. The molecule has 0 saturated carbocycles. The Morgan fingerprint density at radius 1 is 0.828 bits per heavy atom. The predicted molar refractivity (Wildman–Crippen MR) is 113 cm³/mol. The van der Waals surface area contributed by atoms with Crippen LogP contribution in [0.3, 0.4) is 0 Å². The summed E-state index contributed by atoms with van der Waals surface area (Å²) in [6.45, 7) is 8.21. The van der Waals surface area contributed by atoms with Crippen molar-refractivity contribution >= 4 is 11.9 Å². The first kappa shape index (κ1) is 22.6. The minimum atomic E-state index is -1.82. The van der Waals surface area contributed by atoms with Gasteiger partial charge in [0.15, 0.2) is 0 Å². The lowest BCUT2D eigenvalue weighted by molar-refractivity contribution is -0.159. The Morgan fingerprint density at radius 2 is 1.28 bits per heavy atom. The second kappa shape index (κ2) is 12.0. The molecule has 6 nitrogen and oxygen atoms in total. The van der Waals surface area contributed by atoms with Crippen LogP contribution >= 0.6 is 0 Å². The molecule has 1 heterocycles. The molecule has 0 unspecified atom stereocenters. The van der Waals surface area contributed by atoms with Gasteiger partial charge in [-0.2, -0.15) is 0 Å². The lowest BCUT2D eigenvalue weighted by Crippen LogP contribution is -2.48. The maximum absolute atomic E-state index is 9.10. The van der Waals surface area contributed by atoms with Gasteiger partial charge in [0, 0.05) is 26.2 Å². The molecule has 156 valence electrons. The van der Waals surface area contributed by atoms with Crippen LogP contribution in [0.4, 0.5) is 0 Å². The monoisotopic (exact) mass is 398 g/mol. The summed E-state index contributed by atoms with van der Waals surface area (Å²) in [6.07, 6.45) is 2.61. The van der Waals surface area contributed by atoms with E-state index in [1.165, 1.54) is 43.6 Å². The molecule has 0 aliphatic carbocycles. The molecule has 1 aliphatic rings. The van der Waals surface area contributed by atoms with Gasteiger partial charge in [0.25, 0.3) is 0 Å². The second-order valence-electron chi connectivity index (χ2n) is 7.07. The summed E-state index contributed by atoms with van der Waals surface area (Å²) in [5.74, 6) is -3.65. The molecule has 2 aromatic rings. The predicted octanol–water partition coefficient (Wildman–Crippen LogP) is 3.35. The van der Waals surface area contributed by atoms with Crippen LogP contribution in [0, 0.1) is 0 Å². The lowest BCUT2D eigenvalue weighted by Gasteiger charge is -2.39. The van der Waals surface area contributed by atoms with Gasteiger partial charge in [-0.25, -0.2) is 9.59 Å². The van der Waals surface area contributed by atoms with E-state index < -0.39 is 11.9 Å². The van der Waals surface area contributed by atoms with Crippen LogP contribution in [0.15, 0.2) is 60.7 Å². The van der Waals surface area contributed by atoms with Crippen molar-refractivity contribution in [3.8, 4) is 0 Å². The molecule has 2 N–H and O–H groups in total. The Labute approximate surface area is 172 Å². The molecule has 0 radical (unpaired) electrons. The topological polar surface area (TPSA) is 81.1 Å². The number of rotatable bonds is 6. The second-order valence-corrected chi connectivity index (χ2v) is 7.07. The number of benzene rings is 2. The minimum absolute atomic E-state index is 0.380. The van der Waals surface area contributed by atoms with Crippen LogP contribution in [-0.4, -0.2) is 64.7 Å². The number of nitrogens with zero attached hydrogens (tertiary/aromatic N) is 2. The molecule has 0 atom stereocenters. The van der Waals surface area contributed by atoms with Gasteiger partial charge in [0.05, 0.1) is 6.04 Å². The van der Waals surface area contributed by atoms with E-state index >= 15 is 0 Å². The number of unbranched alkanes of at least 4 members (excludes halogenated alkanes) is 1. The number of hydrogen-bond acceptors (Lipinski definition) is 4. The van der Waals surface area contributed by atoms with Crippen LogP contribution < -0.4 is 0 Å². The van der Waals surface area contributed by atoms with Crippen LogP contribution in [0.25, 0.3) is 0 Å². The van der Waals surface area contributed by atoms with Crippen LogP contribution in [0.1, 0.15) is 36.9 Å². The van der Waals surface area contributed by atoms with Crippen molar-refractivity contribution in [1.82, 2.24) is 9.80 Å². The van der Waals surface area contributed by atoms with E-state index in [1.54, 1.807) is 0 Å². The third-order valence-corrected chi connectivity index (χ3v) is 5.01. The van der Waals surface area contributed by atoms with Gasteiger partial charge in [-0.3, -0.25) is 4.90 Å². The van der Waals surface area contributed by atoms with Gasteiger partial charge in [-0.1, -0.05) is 74.0 Å². The Balaban J connectivity index is 0.000000438. The Morgan fingerprint density at radius 3 is 1.66 bits per heavy atom. The number of carboxylic acids is 2. The van der Waals surface area contributed by atoms with E-state index in [1.807, 2.05) is 0 Å². The maximum Gasteiger partial charge on any atom is 0.414 e. The summed E-state index contributed by atoms with van der Waals surface area (Å²) < 4.78 is 0. The fourth-order valence-electron chi connectivity index (χ4n) is 3.51. The lowest BCUT2D eigenvalue weighted by atomic mass is 9.96. The molecule has 2 aromatic carbocycles. The molecule has 6 heteroatoms. The molecule has 1 fully saturated rings. The minimum Gasteiger partial charge on any atom is -0.473 e. The molecule has 0 spiro atoms. The summed E-state index contributed by atoms with van der Waals surface area (Å²) in [5, 5.41) is 14.8. The van der Waals surface area contributed by atoms with Crippen molar-refractivity contribution in [3.63, 3.8) is 0 Å². The molecular weight excluding hydrogens is 368 g/mol. The van der Waals surface area contributed by atoms with E-state index in [9.17, 15) is 0 Å². The van der Waals surface area contributed by atoms with Gasteiger partial charge in [0.1, 0.15) is 0 Å². The number of carbonyl (C=O) groups is 2. The Hall–Kier alpha value is -2.70. The standard InChI is InChI=1S/C21H28N2.C2H2O4/c1-2-3-14-22-15-17-23(18-16-22)21(19-10-6-4-7-11-19)20-12-8-5-9-13-20;3-1(4)2(5)6/h4-13,21H,2-3,14-18H2,1H3;(H,3,4)(H,5,6). The molecular formula is C23H30N2O4. The highest BCUT2D eigenvalue weighted by Crippen LogP contribution is 2.29. The molecule has 0 bridgehead atoms. The normalized spacial score (nSPS) is 14.8. The number of carboxylic acid groups (broad SMARTS) is 2. The SMILES string of the molecule is CCCCN1CCN(C(c2ccccc2)c2ccccc2)CC1.O=C(O)C(=O)O. The fourth-order valence-corrected chi connectivity index (χ4v) is 3.51. The van der Waals surface area contributed by atoms with E-state index in [2.05, 4.69) is 77.4 Å². The summed E-state index contributed by atoms with van der Waals surface area (Å²) in [7, 11) is 0. The summed E-state index contributed by atoms with van der Waals surface area (Å²) in [6, 6.07) is 22.3. The zero-order valence-corrected chi connectivity index (χ0v) is 16.9. The largest absolute Gasteiger partial charge is 0.473 e. The number of aliphatic carboxylic acids is 2. The summed E-state index contributed by atoms with van der Waals surface area (Å²) in [4.78, 5) is 23.5. The Bertz CT molecular complexity index is 692. The average Bonchev–Trinajstić information content (AvgIpc) is 2.75. The van der Waals surface area contributed by atoms with E-state index in [0.29, 0.717) is 6.04 Å². The van der Waals surface area contributed by atoms with Crippen molar-refractivity contribution in [2.24, 2.45) is 0 Å². The van der Waals surface area contributed by atoms with Gasteiger partial charge in [-0.15, -0.1) is 0 Å². The highest BCUT2D eigenvalue weighted by atomic mass is 16.4. The first-order valence-electron chi connectivity index (χ1n) is 10.1. The van der Waals surface area contributed by atoms with Crippen molar-refractivity contribution in [2.75, 3.05) is 32.7 Å². The van der Waals surface area contributed by atoms with Crippen molar-refractivity contribution in [2.45, 2.75) is 25.8 Å². The third-order valence-electron chi connectivity index (χ3n) is 5.01. The third kappa shape index (κ3) is 7.33. The molecule has 29 heavy (non-hydrogen) atoms. The Kier molecular flexibility index (Phi) is 9.34. The first-order chi connectivity index (χ1) is 14.0. The van der Waals surface area contributed by atoms with Gasteiger partial charge in [-0.05, 0) is 24.1 Å². The fraction of sp³-hybridized carbons (Fsp3) is 0.391. The summed E-state index contributed by atoms with van der Waals surface area (Å²) >= 11 is 0. The number of piperazine rings is 1. The van der Waals surface area contributed by atoms with Gasteiger partial charge in [0.2, 0.25) is 0 Å². The van der Waals surface area contributed by atoms with Crippen LogP contribution in [0.5, 0.6) is 0 Å². The van der Waals surface area contributed by atoms with Crippen LogP contribution in [-0.2, 0) is 9.59 Å². The van der Waals surface area contributed by atoms with Crippen molar-refractivity contribution in [1.29, 1.82) is 0 Å². The van der Waals surface area contributed by atoms with Gasteiger partial charge >= 0.3 is 11.9 Å². The smallest absolute Gasteiger partial charge is 0.414 e. The van der Waals surface area contributed by atoms with Crippen molar-refractivity contribution in [3.05, 3.63) is 71.8 Å². The zero-order chi connectivity index (χ0) is 21.1. The van der Waals surface area contributed by atoms with Crippen molar-refractivity contribution < 1.29 is 19.8 Å².